The van der Waals surface area contributed by atoms with Gasteiger partial charge in [0, 0.05) is 22.7 Å². The smallest absolute Gasteiger partial charge is 0.0953 e. The summed E-state index contributed by atoms with van der Waals surface area (Å²) in [7, 11) is 0. The van der Waals surface area contributed by atoms with Crippen molar-refractivity contribution in [2.45, 2.75) is 12.5 Å². The third kappa shape index (κ3) is 1.18. The Bertz CT molecular complexity index is 724. The molecule has 2 nitrogen and oxygen atoms in total. The van der Waals surface area contributed by atoms with Gasteiger partial charge in [-0.05, 0) is 18.1 Å². The van der Waals surface area contributed by atoms with Gasteiger partial charge in [0.15, 0.2) is 0 Å². The lowest BCUT2D eigenvalue weighted by atomic mass is 9.96. The van der Waals surface area contributed by atoms with Gasteiger partial charge in [-0.25, -0.2) is 0 Å². The van der Waals surface area contributed by atoms with Crippen LogP contribution >= 0.6 is 0 Å². The molecule has 3 aliphatic rings. The van der Waals surface area contributed by atoms with E-state index >= 15 is 0 Å². The van der Waals surface area contributed by atoms with E-state index in [2.05, 4.69) is 52.5 Å². The molecule has 0 saturated carbocycles. The quantitative estimate of drug-likeness (QED) is 0.675. The monoisotopic (exact) mass is 220 g/mol. The maximum absolute atomic E-state index is 4.62. The normalized spacial score (nSPS) is 23.1. The van der Waals surface area contributed by atoms with E-state index in [1.165, 1.54) is 27.4 Å². The number of aromatic nitrogens is 1. The second-order valence-corrected chi connectivity index (χ2v) is 4.53. The van der Waals surface area contributed by atoms with Crippen molar-refractivity contribution < 1.29 is 0 Å². The molecule has 2 heteroatoms. The molecule has 82 valence electrons. The number of hydrogen-bond donors (Lipinski definition) is 1. The van der Waals surface area contributed by atoms with Gasteiger partial charge in [-0.2, -0.15) is 0 Å². The molecular weight excluding hydrogens is 208 g/mol. The van der Waals surface area contributed by atoms with E-state index in [1.807, 2.05) is 6.21 Å². The highest BCUT2D eigenvalue weighted by molar-refractivity contribution is 5.89. The van der Waals surface area contributed by atoms with Crippen molar-refractivity contribution in [3.8, 4) is 0 Å². The molecular formula is C15H12N2. The molecule has 1 unspecified atom stereocenters. The van der Waals surface area contributed by atoms with Gasteiger partial charge in [0.1, 0.15) is 0 Å². The van der Waals surface area contributed by atoms with Crippen LogP contribution in [0.4, 0.5) is 0 Å². The van der Waals surface area contributed by atoms with Crippen LogP contribution in [0, 0.1) is 0 Å². The molecule has 0 spiro atoms. The number of H-pyrrole nitrogens is 1. The minimum absolute atomic E-state index is 0.195. The van der Waals surface area contributed by atoms with E-state index in [4.69, 9.17) is 0 Å². The predicted octanol–water partition coefficient (Wildman–Crippen LogP) is 0.985. The summed E-state index contributed by atoms with van der Waals surface area (Å²) in [5, 5.41) is 2.48. The maximum Gasteiger partial charge on any atom is 0.0953 e. The Hall–Kier alpha value is -2.09. The fourth-order valence-corrected chi connectivity index (χ4v) is 2.70. The van der Waals surface area contributed by atoms with Crippen LogP contribution in [0.2, 0.25) is 0 Å². The molecule has 0 fully saturated rings. The van der Waals surface area contributed by atoms with Gasteiger partial charge in [-0.15, -0.1) is 0 Å². The highest BCUT2D eigenvalue weighted by atomic mass is 14.8. The average molecular weight is 220 g/mol. The van der Waals surface area contributed by atoms with Crippen LogP contribution in [0.3, 0.4) is 0 Å². The Morgan fingerprint density at radius 3 is 3.24 bits per heavy atom. The highest BCUT2D eigenvalue weighted by Gasteiger charge is 2.19. The summed E-state index contributed by atoms with van der Waals surface area (Å²) in [6.07, 6.45) is 17.9. The van der Waals surface area contributed by atoms with Crippen LogP contribution in [0.15, 0.2) is 41.4 Å². The summed E-state index contributed by atoms with van der Waals surface area (Å²) in [6, 6.07) is 0.195. The Morgan fingerprint density at radius 2 is 2.24 bits per heavy atom. The summed E-state index contributed by atoms with van der Waals surface area (Å²) in [6.45, 7) is 0. The molecule has 0 radical (unpaired) electrons. The first kappa shape index (κ1) is 8.99. The Labute approximate surface area is 99.1 Å². The number of hydrogen-bond acceptors (Lipinski definition) is 1. The van der Waals surface area contributed by atoms with Gasteiger partial charge in [-0.3, -0.25) is 4.99 Å². The third-order valence-electron chi connectivity index (χ3n) is 3.55. The molecule has 0 bridgehead atoms. The van der Waals surface area contributed by atoms with Crippen molar-refractivity contribution in [2.75, 3.05) is 0 Å². The van der Waals surface area contributed by atoms with Gasteiger partial charge in [0.2, 0.25) is 0 Å². The number of allylic oxidation sites excluding steroid dienone is 4. The standard InChI is InChI=1S/C15H12N2/c1-4-8-14-10(5-1)12-9-16-13-7-3-2-6-11(13)15(12)17-14/h1-4,6-9,13,17H,5H2. The SMILES string of the molecule is C1=CCc2c3c([nH]c2=C1)=C1C=CC=CC1N=C3. The number of rotatable bonds is 0. The lowest BCUT2D eigenvalue weighted by molar-refractivity contribution is 1.02. The zero-order chi connectivity index (χ0) is 11.2. The van der Waals surface area contributed by atoms with Gasteiger partial charge < -0.3 is 4.98 Å². The molecule has 0 saturated heterocycles. The maximum atomic E-state index is 4.62. The van der Waals surface area contributed by atoms with E-state index in [0.717, 1.165) is 6.42 Å². The number of nitrogens with zero attached hydrogens (tertiary/aromatic N) is 1. The topological polar surface area (TPSA) is 28.1 Å². The number of fused-ring (bicyclic) bond motifs is 4. The molecule has 17 heavy (non-hydrogen) atoms. The summed E-state index contributed by atoms with van der Waals surface area (Å²) in [4.78, 5) is 8.15. The van der Waals surface area contributed by atoms with Crippen molar-refractivity contribution in [1.29, 1.82) is 0 Å². The summed E-state index contributed by atoms with van der Waals surface area (Å²) in [5.41, 5.74) is 3.93. The summed E-state index contributed by atoms with van der Waals surface area (Å²) in [5.74, 6) is 0. The summed E-state index contributed by atoms with van der Waals surface area (Å²) < 4.78 is 0. The molecule has 1 atom stereocenters. The molecule has 0 aromatic carbocycles. The predicted molar refractivity (Wildman–Crippen MR) is 70.4 cm³/mol. The van der Waals surface area contributed by atoms with Crippen LogP contribution in [0.25, 0.3) is 11.6 Å². The van der Waals surface area contributed by atoms with Crippen molar-refractivity contribution in [2.24, 2.45) is 4.99 Å². The number of aromatic amines is 1. The lowest BCUT2D eigenvalue weighted by Gasteiger charge is -2.15. The molecule has 4 rings (SSSR count). The van der Waals surface area contributed by atoms with E-state index < -0.39 is 0 Å². The minimum atomic E-state index is 0.195. The van der Waals surface area contributed by atoms with Crippen molar-refractivity contribution in [3.63, 3.8) is 0 Å². The minimum Gasteiger partial charge on any atom is -0.354 e. The fourth-order valence-electron chi connectivity index (χ4n) is 2.70. The fraction of sp³-hybridized carbons (Fsp3) is 0.133. The second-order valence-electron chi connectivity index (χ2n) is 4.53. The second kappa shape index (κ2) is 3.20. The van der Waals surface area contributed by atoms with Crippen LogP contribution in [-0.4, -0.2) is 17.2 Å². The number of nitrogens with one attached hydrogen (secondary N) is 1. The lowest BCUT2D eigenvalue weighted by Crippen LogP contribution is -2.24. The Kier molecular flexibility index (Phi) is 1.69. The van der Waals surface area contributed by atoms with E-state index in [-0.39, 0.29) is 6.04 Å². The van der Waals surface area contributed by atoms with Crippen LogP contribution in [0.1, 0.15) is 11.1 Å². The Balaban J connectivity index is 2.11. The van der Waals surface area contributed by atoms with Crippen molar-refractivity contribution in [1.82, 2.24) is 4.98 Å². The van der Waals surface area contributed by atoms with E-state index in [9.17, 15) is 0 Å². The van der Waals surface area contributed by atoms with Crippen LogP contribution in [0.5, 0.6) is 0 Å². The molecule has 1 aliphatic heterocycles. The highest BCUT2D eigenvalue weighted by Crippen LogP contribution is 2.18. The molecule has 0 amide bonds. The van der Waals surface area contributed by atoms with Crippen LogP contribution in [-0.2, 0) is 6.42 Å². The van der Waals surface area contributed by atoms with E-state index in [0.29, 0.717) is 0 Å². The first-order chi connectivity index (χ1) is 8.43. The third-order valence-corrected chi connectivity index (χ3v) is 3.55. The van der Waals surface area contributed by atoms with Gasteiger partial charge in [0.25, 0.3) is 0 Å². The van der Waals surface area contributed by atoms with E-state index in [1.54, 1.807) is 0 Å². The average Bonchev–Trinajstić information content (AvgIpc) is 2.78. The first-order valence-electron chi connectivity index (χ1n) is 5.93. The van der Waals surface area contributed by atoms with Gasteiger partial charge in [-0.1, -0.05) is 36.5 Å². The van der Waals surface area contributed by atoms with Gasteiger partial charge in [0.05, 0.1) is 11.4 Å². The van der Waals surface area contributed by atoms with Crippen molar-refractivity contribution in [3.05, 3.63) is 58.3 Å². The molecule has 1 aromatic rings. The molecule has 1 N–H and O–H groups in total. The van der Waals surface area contributed by atoms with Gasteiger partial charge >= 0.3 is 0 Å². The molecule has 2 aliphatic carbocycles. The zero-order valence-electron chi connectivity index (χ0n) is 9.35. The first-order valence-corrected chi connectivity index (χ1v) is 5.93. The zero-order valence-corrected chi connectivity index (χ0v) is 9.35. The summed E-state index contributed by atoms with van der Waals surface area (Å²) >= 11 is 0. The Morgan fingerprint density at radius 1 is 1.24 bits per heavy atom. The molecule has 1 aromatic heterocycles. The molecule has 2 heterocycles. The largest absolute Gasteiger partial charge is 0.354 e. The van der Waals surface area contributed by atoms with Crippen molar-refractivity contribution >= 4 is 17.9 Å². The van der Waals surface area contributed by atoms with Crippen LogP contribution < -0.4 is 10.7 Å². The number of aliphatic imine (C=N–C) groups is 1.